The molecule has 2 N–H and O–H groups in total. The molecule has 2 nitrogen and oxygen atoms in total. The van der Waals surface area contributed by atoms with Crippen molar-refractivity contribution in [1.82, 2.24) is 0 Å². The SMILES string of the molecule is CC1Cc2sc(N)c(C#N)c2CCC1CC(c1ccccc1)C(F)(F)F. The first-order chi connectivity index (χ1) is 12.3. The van der Waals surface area contributed by atoms with Crippen molar-refractivity contribution in [3.8, 4) is 6.07 Å². The number of alkyl halides is 3. The van der Waals surface area contributed by atoms with E-state index in [-0.39, 0.29) is 18.3 Å². The van der Waals surface area contributed by atoms with Gasteiger partial charge in [-0.1, -0.05) is 37.3 Å². The molecule has 0 bridgehead atoms. The van der Waals surface area contributed by atoms with Crippen molar-refractivity contribution in [2.24, 2.45) is 11.8 Å². The summed E-state index contributed by atoms with van der Waals surface area (Å²) in [5, 5.41) is 9.84. The summed E-state index contributed by atoms with van der Waals surface area (Å²) in [4.78, 5) is 1.07. The molecule has 1 aromatic carbocycles. The van der Waals surface area contributed by atoms with Crippen LogP contribution in [0, 0.1) is 23.2 Å². The van der Waals surface area contributed by atoms with E-state index in [2.05, 4.69) is 6.07 Å². The number of nitrogen functional groups attached to an aromatic ring is 1. The summed E-state index contributed by atoms with van der Waals surface area (Å²) < 4.78 is 41.1. The normalized spacial score (nSPS) is 21.5. The molecule has 1 aliphatic rings. The Hall–Kier alpha value is -2.00. The van der Waals surface area contributed by atoms with Gasteiger partial charge in [0.2, 0.25) is 0 Å². The first-order valence-corrected chi connectivity index (χ1v) is 9.54. The predicted octanol–water partition coefficient (Wildman–Crippen LogP) is 5.68. The highest BCUT2D eigenvalue weighted by atomic mass is 32.1. The van der Waals surface area contributed by atoms with E-state index in [1.54, 1.807) is 30.3 Å². The molecule has 3 rings (SSSR count). The maximum Gasteiger partial charge on any atom is 0.395 e. The van der Waals surface area contributed by atoms with E-state index < -0.39 is 12.1 Å². The molecule has 0 radical (unpaired) electrons. The van der Waals surface area contributed by atoms with Gasteiger partial charge in [0.05, 0.1) is 11.5 Å². The molecule has 0 aliphatic heterocycles. The second-order valence-corrected chi connectivity index (χ2v) is 8.21. The Kier molecular flexibility index (Phi) is 5.29. The van der Waals surface area contributed by atoms with Crippen molar-refractivity contribution in [3.05, 3.63) is 51.9 Å². The van der Waals surface area contributed by atoms with Gasteiger partial charge in [0.25, 0.3) is 0 Å². The van der Waals surface area contributed by atoms with Crippen LogP contribution in [-0.2, 0) is 12.8 Å². The van der Waals surface area contributed by atoms with Crippen LogP contribution in [0.15, 0.2) is 30.3 Å². The highest BCUT2D eigenvalue weighted by molar-refractivity contribution is 7.16. The molecule has 0 fully saturated rings. The van der Waals surface area contributed by atoms with Crippen LogP contribution < -0.4 is 5.73 Å². The van der Waals surface area contributed by atoms with Gasteiger partial charge in [-0.3, -0.25) is 0 Å². The summed E-state index contributed by atoms with van der Waals surface area (Å²) >= 11 is 1.41. The van der Waals surface area contributed by atoms with E-state index in [1.807, 2.05) is 6.92 Å². The number of rotatable bonds is 3. The Labute approximate surface area is 155 Å². The Morgan fingerprint density at radius 1 is 1.31 bits per heavy atom. The average molecular weight is 378 g/mol. The third kappa shape index (κ3) is 3.73. The quantitative estimate of drug-likeness (QED) is 0.699. The maximum absolute atomic E-state index is 13.7. The molecule has 26 heavy (non-hydrogen) atoms. The third-order valence-electron chi connectivity index (χ3n) is 5.44. The molecule has 0 spiro atoms. The Balaban J connectivity index is 1.83. The largest absolute Gasteiger partial charge is 0.395 e. The second kappa shape index (κ2) is 7.32. The predicted molar refractivity (Wildman–Crippen MR) is 98.0 cm³/mol. The second-order valence-electron chi connectivity index (χ2n) is 7.08. The molecule has 0 saturated heterocycles. The number of nitrogens with two attached hydrogens (primary N) is 1. The third-order valence-corrected chi connectivity index (χ3v) is 6.53. The molecule has 1 aliphatic carbocycles. The summed E-state index contributed by atoms with van der Waals surface area (Å²) in [5.41, 5.74) is 7.72. The highest BCUT2D eigenvalue weighted by Crippen LogP contribution is 2.45. The zero-order valence-electron chi connectivity index (χ0n) is 14.5. The molecule has 1 aromatic heterocycles. The number of hydrogen-bond donors (Lipinski definition) is 1. The van der Waals surface area contributed by atoms with Crippen LogP contribution in [0.4, 0.5) is 18.2 Å². The van der Waals surface area contributed by atoms with Gasteiger partial charge in [0.15, 0.2) is 0 Å². The topological polar surface area (TPSA) is 49.8 Å². The van der Waals surface area contributed by atoms with E-state index in [0.29, 0.717) is 35.4 Å². The lowest BCUT2D eigenvalue weighted by Gasteiger charge is -2.28. The fraction of sp³-hybridized carbons (Fsp3) is 0.450. The van der Waals surface area contributed by atoms with Crippen LogP contribution in [0.2, 0.25) is 0 Å². The van der Waals surface area contributed by atoms with Crippen molar-refractivity contribution >= 4 is 16.3 Å². The molecule has 138 valence electrons. The number of nitrogens with zero attached hydrogens (tertiary/aromatic N) is 1. The van der Waals surface area contributed by atoms with Crippen molar-refractivity contribution in [1.29, 1.82) is 5.26 Å². The van der Waals surface area contributed by atoms with E-state index in [0.717, 1.165) is 10.4 Å². The first-order valence-electron chi connectivity index (χ1n) is 8.73. The number of hydrogen-bond acceptors (Lipinski definition) is 3. The minimum atomic E-state index is -4.26. The van der Waals surface area contributed by atoms with Crippen molar-refractivity contribution < 1.29 is 13.2 Å². The molecule has 3 atom stereocenters. The minimum Gasteiger partial charge on any atom is -0.389 e. The van der Waals surface area contributed by atoms with E-state index in [9.17, 15) is 18.4 Å². The number of fused-ring (bicyclic) bond motifs is 1. The van der Waals surface area contributed by atoms with Gasteiger partial charge in [0.1, 0.15) is 11.1 Å². The molecular weight excluding hydrogens is 357 g/mol. The van der Waals surface area contributed by atoms with Gasteiger partial charge in [-0.05, 0) is 48.6 Å². The van der Waals surface area contributed by atoms with Gasteiger partial charge in [-0.15, -0.1) is 11.3 Å². The summed E-state index contributed by atoms with van der Waals surface area (Å²) in [5.74, 6) is -1.38. The van der Waals surface area contributed by atoms with Crippen LogP contribution in [0.5, 0.6) is 0 Å². The first kappa shape index (κ1) is 18.8. The summed E-state index contributed by atoms with van der Waals surface area (Å²) in [7, 11) is 0. The Bertz CT molecular complexity index is 805. The number of anilines is 1. The van der Waals surface area contributed by atoms with Crippen LogP contribution in [-0.4, -0.2) is 6.18 Å². The lowest BCUT2D eigenvalue weighted by Crippen LogP contribution is -2.26. The summed E-state index contributed by atoms with van der Waals surface area (Å²) in [6, 6.07) is 10.3. The smallest absolute Gasteiger partial charge is 0.389 e. The fourth-order valence-electron chi connectivity index (χ4n) is 3.96. The molecule has 3 unspecified atom stereocenters. The maximum atomic E-state index is 13.7. The molecule has 6 heteroatoms. The lowest BCUT2D eigenvalue weighted by molar-refractivity contribution is -0.155. The molecular formula is C20H21F3N2S. The number of halogens is 3. The Morgan fingerprint density at radius 3 is 2.62 bits per heavy atom. The van der Waals surface area contributed by atoms with Crippen LogP contribution in [0.3, 0.4) is 0 Å². The number of nitriles is 1. The van der Waals surface area contributed by atoms with Crippen molar-refractivity contribution in [2.45, 2.75) is 44.7 Å². The van der Waals surface area contributed by atoms with E-state index in [4.69, 9.17) is 5.73 Å². The fourth-order valence-corrected chi connectivity index (χ4v) is 5.17. The Morgan fingerprint density at radius 2 is 2.00 bits per heavy atom. The van der Waals surface area contributed by atoms with Crippen LogP contribution >= 0.6 is 11.3 Å². The monoisotopic (exact) mass is 378 g/mol. The van der Waals surface area contributed by atoms with E-state index in [1.165, 1.54) is 11.3 Å². The lowest BCUT2D eigenvalue weighted by atomic mass is 9.79. The van der Waals surface area contributed by atoms with Gasteiger partial charge in [-0.25, -0.2) is 0 Å². The molecule has 1 heterocycles. The molecule has 0 saturated carbocycles. The van der Waals surface area contributed by atoms with Gasteiger partial charge < -0.3 is 5.73 Å². The van der Waals surface area contributed by atoms with Gasteiger partial charge in [0, 0.05) is 4.88 Å². The molecule has 0 amide bonds. The van der Waals surface area contributed by atoms with Crippen molar-refractivity contribution in [2.75, 3.05) is 5.73 Å². The molecule has 2 aromatic rings. The van der Waals surface area contributed by atoms with Crippen molar-refractivity contribution in [3.63, 3.8) is 0 Å². The highest BCUT2D eigenvalue weighted by Gasteiger charge is 2.43. The van der Waals surface area contributed by atoms with Gasteiger partial charge >= 0.3 is 6.18 Å². The zero-order chi connectivity index (χ0) is 18.9. The van der Waals surface area contributed by atoms with Crippen LogP contribution in [0.1, 0.15) is 47.3 Å². The number of thiophene rings is 1. The standard InChI is InChI=1S/C20H21F3N2S/c1-12-9-18-15(16(11-24)19(25)26-18)8-7-14(12)10-17(20(21,22)23)13-5-3-2-4-6-13/h2-6,12,14,17H,7-10,25H2,1H3. The van der Waals surface area contributed by atoms with E-state index >= 15 is 0 Å². The minimum absolute atomic E-state index is 0.0470. The average Bonchev–Trinajstić information content (AvgIpc) is 2.80. The summed E-state index contributed by atoms with van der Waals surface area (Å²) in [6.07, 6.45) is -2.21. The summed E-state index contributed by atoms with van der Waals surface area (Å²) in [6.45, 7) is 2.01. The van der Waals surface area contributed by atoms with Gasteiger partial charge in [-0.2, -0.15) is 18.4 Å². The zero-order valence-corrected chi connectivity index (χ0v) is 15.3. The van der Waals surface area contributed by atoms with Crippen LogP contribution in [0.25, 0.3) is 0 Å². The number of benzene rings is 1.